The highest BCUT2D eigenvalue weighted by Crippen LogP contribution is 2.40. The van der Waals surface area contributed by atoms with Crippen LogP contribution in [0.5, 0.6) is 0 Å². The van der Waals surface area contributed by atoms with Gasteiger partial charge in [-0.1, -0.05) is 84.9 Å². The Labute approximate surface area is 241 Å². The molecule has 0 saturated heterocycles. The molecule has 0 spiro atoms. The van der Waals surface area contributed by atoms with E-state index < -0.39 is 0 Å². The van der Waals surface area contributed by atoms with Crippen LogP contribution in [-0.2, 0) is 7.05 Å². The first-order valence-electron chi connectivity index (χ1n) is 14.2. The lowest BCUT2D eigenvalue weighted by Gasteiger charge is -2.09. The minimum absolute atomic E-state index is 0.918. The van der Waals surface area contributed by atoms with Crippen molar-refractivity contribution in [2.75, 3.05) is 0 Å². The molecule has 0 bridgehead atoms. The van der Waals surface area contributed by atoms with Crippen molar-refractivity contribution >= 4 is 54.8 Å². The van der Waals surface area contributed by atoms with E-state index in [2.05, 4.69) is 131 Å². The van der Waals surface area contributed by atoms with Gasteiger partial charge in [0, 0.05) is 34.5 Å². The number of nitrogens with zero attached hydrogens (tertiary/aromatic N) is 3. The average Bonchev–Trinajstić information content (AvgIpc) is 3.70. The highest BCUT2D eigenvalue weighted by Gasteiger charge is 2.18. The van der Waals surface area contributed by atoms with Crippen molar-refractivity contribution in [2.45, 2.75) is 0 Å². The molecule has 0 unspecified atom stereocenters. The molecular weight excluding hydrogens is 514 g/mol. The molecule has 3 aromatic heterocycles. The van der Waals surface area contributed by atoms with Crippen LogP contribution in [-0.4, -0.2) is 14.1 Å². The summed E-state index contributed by atoms with van der Waals surface area (Å²) < 4.78 is 11.0. The van der Waals surface area contributed by atoms with Gasteiger partial charge in [-0.25, -0.2) is 4.98 Å². The van der Waals surface area contributed by atoms with Crippen molar-refractivity contribution in [3.63, 3.8) is 0 Å². The molecule has 6 aromatic carbocycles. The van der Waals surface area contributed by atoms with E-state index >= 15 is 0 Å². The second-order valence-corrected chi connectivity index (χ2v) is 10.9. The number of para-hydroxylation sites is 2. The van der Waals surface area contributed by atoms with Crippen LogP contribution in [0.25, 0.3) is 83.0 Å². The summed E-state index contributed by atoms with van der Waals surface area (Å²) >= 11 is 0. The molecule has 3 heterocycles. The Balaban J connectivity index is 1.18. The number of imidazole rings is 1. The number of aromatic nitrogens is 3. The zero-order chi connectivity index (χ0) is 27.8. The lowest BCUT2D eigenvalue weighted by Crippen LogP contribution is -1.93. The Morgan fingerprint density at radius 1 is 0.548 bits per heavy atom. The van der Waals surface area contributed by atoms with Crippen molar-refractivity contribution < 1.29 is 4.42 Å². The van der Waals surface area contributed by atoms with Gasteiger partial charge in [0.1, 0.15) is 17.0 Å². The molecule has 42 heavy (non-hydrogen) atoms. The van der Waals surface area contributed by atoms with Gasteiger partial charge in [0.2, 0.25) is 0 Å². The number of aryl methyl sites for hydroxylation is 1. The molecule has 0 aliphatic heterocycles. The van der Waals surface area contributed by atoms with Crippen LogP contribution in [0.3, 0.4) is 0 Å². The van der Waals surface area contributed by atoms with E-state index in [9.17, 15) is 0 Å². The van der Waals surface area contributed by atoms with E-state index in [1.165, 1.54) is 5.39 Å². The zero-order valence-corrected chi connectivity index (χ0v) is 23.0. The highest BCUT2D eigenvalue weighted by molar-refractivity contribution is 6.23. The molecule has 4 nitrogen and oxygen atoms in total. The second-order valence-electron chi connectivity index (χ2n) is 10.9. The third-order valence-corrected chi connectivity index (χ3v) is 8.55. The summed E-state index contributed by atoms with van der Waals surface area (Å²) in [6.45, 7) is 0. The first-order valence-corrected chi connectivity index (χ1v) is 14.2. The van der Waals surface area contributed by atoms with Crippen molar-refractivity contribution in [1.29, 1.82) is 0 Å². The predicted octanol–water partition coefficient (Wildman–Crippen LogP) is 9.90. The number of rotatable bonds is 3. The van der Waals surface area contributed by atoms with E-state index in [0.29, 0.717) is 0 Å². The lowest BCUT2D eigenvalue weighted by atomic mass is 10.0. The Bertz CT molecular complexity index is 2460. The minimum Gasteiger partial charge on any atom is -0.455 e. The number of hydrogen-bond acceptors (Lipinski definition) is 2. The third-order valence-electron chi connectivity index (χ3n) is 8.55. The van der Waals surface area contributed by atoms with Crippen LogP contribution < -0.4 is 0 Å². The van der Waals surface area contributed by atoms with E-state index in [1.54, 1.807) is 0 Å². The van der Waals surface area contributed by atoms with Gasteiger partial charge in [0.15, 0.2) is 0 Å². The van der Waals surface area contributed by atoms with Gasteiger partial charge in [-0.05, 0) is 59.7 Å². The highest BCUT2D eigenvalue weighted by atomic mass is 16.3. The summed E-state index contributed by atoms with van der Waals surface area (Å²) in [7, 11) is 2.08. The number of benzene rings is 6. The molecule has 0 aliphatic carbocycles. The van der Waals surface area contributed by atoms with Crippen molar-refractivity contribution in [3.05, 3.63) is 133 Å². The van der Waals surface area contributed by atoms with Gasteiger partial charge in [0.25, 0.3) is 0 Å². The monoisotopic (exact) mass is 539 g/mol. The molecule has 0 amide bonds. The van der Waals surface area contributed by atoms with Crippen LogP contribution in [0, 0.1) is 0 Å². The van der Waals surface area contributed by atoms with E-state index in [4.69, 9.17) is 9.40 Å². The van der Waals surface area contributed by atoms with Crippen LogP contribution in [0.4, 0.5) is 0 Å². The summed E-state index contributed by atoms with van der Waals surface area (Å²) in [6.07, 6.45) is 0. The van der Waals surface area contributed by atoms with Gasteiger partial charge >= 0.3 is 0 Å². The molecule has 0 radical (unpaired) electrons. The van der Waals surface area contributed by atoms with Gasteiger partial charge in [-0.2, -0.15) is 0 Å². The summed E-state index contributed by atoms with van der Waals surface area (Å²) in [5.41, 5.74) is 10.8. The maximum absolute atomic E-state index is 6.45. The van der Waals surface area contributed by atoms with Crippen LogP contribution >= 0.6 is 0 Å². The van der Waals surface area contributed by atoms with Gasteiger partial charge in [-0.15, -0.1) is 0 Å². The molecule has 0 N–H and O–H groups in total. The summed E-state index contributed by atoms with van der Waals surface area (Å²) in [6, 6.07) is 47.0. The summed E-state index contributed by atoms with van der Waals surface area (Å²) in [5, 5.41) is 4.64. The first kappa shape index (κ1) is 23.1. The Hall–Kier alpha value is -5.61. The number of hydrogen-bond donors (Lipinski definition) is 0. The fourth-order valence-corrected chi connectivity index (χ4v) is 6.54. The molecule has 0 saturated carbocycles. The molecule has 0 atom stereocenters. The van der Waals surface area contributed by atoms with Gasteiger partial charge < -0.3 is 13.6 Å². The molecule has 9 aromatic rings. The van der Waals surface area contributed by atoms with E-state index in [-0.39, 0.29) is 0 Å². The summed E-state index contributed by atoms with van der Waals surface area (Å²) in [4.78, 5) is 4.99. The van der Waals surface area contributed by atoms with Crippen molar-refractivity contribution in [2.24, 2.45) is 7.05 Å². The normalized spacial score (nSPS) is 11.9. The van der Waals surface area contributed by atoms with Crippen molar-refractivity contribution in [1.82, 2.24) is 14.1 Å². The standard InChI is InChI=1S/C38H25N3O/c1-40-33-21-17-26(23-31(33)39-38(40)25-9-3-2-4-10-25)24-15-18-27(19-16-24)41-32-13-7-5-12-30(32)36-34(41)22-20-29-28-11-6-8-14-35(28)42-37(29)36/h2-23H,1H3. The quantitative estimate of drug-likeness (QED) is 0.224. The Morgan fingerprint density at radius 3 is 2.12 bits per heavy atom. The maximum atomic E-state index is 6.45. The molecule has 4 heteroatoms. The van der Waals surface area contributed by atoms with Crippen LogP contribution in [0.2, 0.25) is 0 Å². The van der Waals surface area contributed by atoms with E-state index in [0.717, 1.165) is 77.6 Å². The fourth-order valence-electron chi connectivity index (χ4n) is 6.54. The van der Waals surface area contributed by atoms with Gasteiger partial charge in [-0.3, -0.25) is 0 Å². The largest absolute Gasteiger partial charge is 0.455 e. The van der Waals surface area contributed by atoms with Crippen LogP contribution in [0.1, 0.15) is 0 Å². The predicted molar refractivity (Wildman–Crippen MR) is 173 cm³/mol. The average molecular weight is 540 g/mol. The molecule has 9 rings (SSSR count). The van der Waals surface area contributed by atoms with E-state index in [1.807, 2.05) is 18.2 Å². The smallest absolute Gasteiger partial charge is 0.145 e. The van der Waals surface area contributed by atoms with Crippen LogP contribution in [0.15, 0.2) is 138 Å². The maximum Gasteiger partial charge on any atom is 0.145 e. The number of fused-ring (bicyclic) bond motifs is 8. The van der Waals surface area contributed by atoms with Crippen molar-refractivity contribution in [3.8, 4) is 28.2 Å². The molecular formula is C38H25N3O. The molecule has 0 fully saturated rings. The zero-order valence-electron chi connectivity index (χ0n) is 23.0. The fraction of sp³-hybridized carbons (Fsp3) is 0.0263. The topological polar surface area (TPSA) is 35.9 Å². The number of furan rings is 1. The summed E-state index contributed by atoms with van der Waals surface area (Å²) in [5.74, 6) is 0.975. The molecule has 0 aliphatic rings. The third kappa shape index (κ3) is 3.26. The Morgan fingerprint density at radius 2 is 1.26 bits per heavy atom. The lowest BCUT2D eigenvalue weighted by molar-refractivity contribution is 0.673. The molecule has 198 valence electrons. The van der Waals surface area contributed by atoms with Gasteiger partial charge in [0.05, 0.1) is 27.5 Å². The SMILES string of the molecule is Cn1c(-c2ccccc2)nc2cc(-c3ccc(-n4c5ccccc5c5c6oc7ccccc7c6ccc54)cc3)ccc21. The Kier molecular flexibility index (Phi) is 4.79. The second kappa shape index (κ2) is 8.69. The first-order chi connectivity index (χ1) is 20.7. The minimum atomic E-state index is 0.918.